The van der Waals surface area contributed by atoms with E-state index in [1.54, 1.807) is 4.90 Å². The topological polar surface area (TPSA) is 40.6 Å². The average Bonchev–Trinajstić information content (AvgIpc) is 3.20. The Morgan fingerprint density at radius 2 is 1.34 bits per heavy atom. The van der Waals surface area contributed by atoms with Crippen LogP contribution in [0.25, 0.3) is 0 Å². The molecule has 3 aromatic rings. The first kappa shape index (κ1) is 18.9. The van der Waals surface area contributed by atoms with E-state index in [0.29, 0.717) is 25.1 Å². The zero-order chi connectivity index (χ0) is 20.1. The van der Waals surface area contributed by atoms with Crippen LogP contribution in [0.4, 0.5) is 5.69 Å². The van der Waals surface area contributed by atoms with Gasteiger partial charge in [-0.15, -0.1) is 0 Å². The Kier molecular flexibility index (Phi) is 5.71. The van der Waals surface area contributed by atoms with Crippen LogP contribution in [0.3, 0.4) is 0 Å². The number of rotatable bonds is 6. The Bertz CT molecular complexity index is 927. The lowest BCUT2D eigenvalue weighted by Gasteiger charge is -2.24. The smallest absolute Gasteiger partial charge is 0.254 e. The number of benzene rings is 3. The van der Waals surface area contributed by atoms with E-state index >= 15 is 0 Å². The van der Waals surface area contributed by atoms with Gasteiger partial charge in [0.15, 0.2) is 0 Å². The van der Waals surface area contributed by atoms with Gasteiger partial charge in [-0.25, -0.2) is 0 Å². The van der Waals surface area contributed by atoms with Crippen molar-refractivity contribution in [3.8, 4) is 0 Å². The molecule has 3 aromatic carbocycles. The quantitative estimate of drug-likeness (QED) is 0.620. The van der Waals surface area contributed by atoms with Crippen molar-refractivity contribution in [3.63, 3.8) is 0 Å². The number of carbonyl (C=O) groups is 2. The van der Waals surface area contributed by atoms with E-state index in [9.17, 15) is 9.59 Å². The van der Waals surface area contributed by atoms with E-state index in [1.165, 1.54) is 0 Å². The van der Waals surface area contributed by atoms with Gasteiger partial charge >= 0.3 is 0 Å². The van der Waals surface area contributed by atoms with E-state index in [-0.39, 0.29) is 11.8 Å². The van der Waals surface area contributed by atoms with Crippen LogP contribution in [-0.2, 0) is 17.9 Å². The van der Waals surface area contributed by atoms with Crippen molar-refractivity contribution >= 4 is 17.5 Å². The second-order valence-corrected chi connectivity index (χ2v) is 7.33. The summed E-state index contributed by atoms with van der Waals surface area (Å²) in [7, 11) is 0. The third-order valence-electron chi connectivity index (χ3n) is 5.22. The minimum atomic E-state index is -0.0167. The summed E-state index contributed by atoms with van der Waals surface area (Å²) in [5.74, 6) is 0.135. The molecule has 4 nitrogen and oxygen atoms in total. The number of carbonyl (C=O) groups excluding carboxylic acids is 2. The molecule has 2 amide bonds. The molecule has 0 N–H and O–H groups in total. The van der Waals surface area contributed by atoms with Gasteiger partial charge in [0.25, 0.3) is 5.91 Å². The summed E-state index contributed by atoms with van der Waals surface area (Å²) in [5.41, 5.74) is 3.68. The summed E-state index contributed by atoms with van der Waals surface area (Å²) in [5, 5.41) is 0. The molecular weight excluding hydrogens is 360 g/mol. The van der Waals surface area contributed by atoms with Crippen LogP contribution in [0.1, 0.15) is 34.3 Å². The Morgan fingerprint density at radius 1 is 0.793 bits per heavy atom. The van der Waals surface area contributed by atoms with Crippen LogP contribution in [0.5, 0.6) is 0 Å². The molecule has 1 aliphatic heterocycles. The zero-order valence-corrected chi connectivity index (χ0v) is 16.3. The van der Waals surface area contributed by atoms with Gasteiger partial charge in [-0.05, 0) is 41.8 Å². The molecule has 4 heteroatoms. The number of nitrogens with zero attached hydrogens (tertiary/aromatic N) is 2. The fourth-order valence-corrected chi connectivity index (χ4v) is 3.69. The summed E-state index contributed by atoms with van der Waals surface area (Å²) in [6.07, 6.45) is 1.49. The monoisotopic (exact) mass is 384 g/mol. The second kappa shape index (κ2) is 8.74. The van der Waals surface area contributed by atoms with Gasteiger partial charge < -0.3 is 9.80 Å². The van der Waals surface area contributed by atoms with Crippen LogP contribution in [0, 0.1) is 0 Å². The molecule has 0 spiro atoms. The SMILES string of the molecule is O=C(c1ccc(N2CCCC2=O)cc1)N(Cc1ccccc1)Cc1ccccc1. The summed E-state index contributed by atoms with van der Waals surface area (Å²) in [6, 6.07) is 27.4. The van der Waals surface area contributed by atoms with Crippen molar-refractivity contribution in [2.45, 2.75) is 25.9 Å². The number of anilines is 1. The zero-order valence-electron chi connectivity index (χ0n) is 16.3. The van der Waals surface area contributed by atoms with Crippen LogP contribution in [-0.4, -0.2) is 23.3 Å². The van der Waals surface area contributed by atoms with Gasteiger partial charge in [0, 0.05) is 37.3 Å². The van der Waals surface area contributed by atoms with Gasteiger partial charge in [-0.1, -0.05) is 60.7 Å². The van der Waals surface area contributed by atoms with Crippen molar-refractivity contribution in [1.82, 2.24) is 4.90 Å². The highest BCUT2D eigenvalue weighted by molar-refractivity contribution is 5.97. The molecule has 1 fully saturated rings. The number of hydrogen-bond donors (Lipinski definition) is 0. The standard InChI is InChI=1S/C25H24N2O2/c28-24-12-7-17-27(24)23-15-13-22(14-16-23)25(29)26(18-20-8-3-1-4-9-20)19-21-10-5-2-6-11-21/h1-6,8-11,13-16H,7,12,17-19H2. The van der Waals surface area contributed by atoms with Crippen molar-refractivity contribution < 1.29 is 9.59 Å². The molecule has 1 heterocycles. The van der Waals surface area contributed by atoms with Gasteiger partial charge in [0.05, 0.1) is 0 Å². The minimum Gasteiger partial charge on any atom is -0.330 e. The molecule has 4 rings (SSSR count). The summed E-state index contributed by atoms with van der Waals surface area (Å²) >= 11 is 0. The maximum absolute atomic E-state index is 13.3. The first-order chi connectivity index (χ1) is 14.2. The molecule has 0 saturated carbocycles. The molecule has 0 radical (unpaired) electrons. The minimum absolute atomic E-state index is 0.0167. The summed E-state index contributed by atoms with van der Waals surface area (Å²) < 4.78 is 0. The van der Waals surface area contributed by atoms with E-state index < -0.39 is 0 Å². The molecule has 1 saturated heterocycles. The fourth-order valence-electron chi connectivity index (χ4n) is 3.69. The fraction of sp³-hybridized carbons (Fsp3) is 0.200. The van der Waals surface area contributed by atoms with Gasteiger partial charge in [0.1, 0.15) is 0 Å². The van der Waals surface area contributed by atoms with Crippen LogP contribution in [0.15, 0.2) is 84.9 Å². The summed E-state index contributed by atoms with van der Waals surface area (Å²) in [6.45, 7) is 1.84. The number of amides is 2. The molecule has 146 valence electrons. The van der Waals surface area contributed by atoms with Gasteiger partial charge in [-0.2, -0.15) is 0 Å². The highest BCUT2D eigenvalue weighted by Crippen LogP contribution is 2.23. The lowest BCUT2D eigenvalue weighted by atomic mass is 10.1. The van der Waals surface area contributed by atoms with Crippen molar-refractivity contribution in [2.24, 2.45) is 0 Å². The third kappa shape index (κ3) is 4.54. The average molecular weight is 384 g/mol. The molecule has 0 aromatic heterocycles. The van der Waals surface area contributed by atoms with E-state index in [2.05, 4.69) is 0 Å². The Balaban J connectivity index is 1.56. The van der Waals surface area contributed by atoms with Gasteiger partial charge in [0.2, 0.25) is 5.91 Å². The van der Waals surface area contributed by atoms with E-state index in [1.807, 2.05) is 89.8 Å². The molecule has 1 aliphatic rings. The Morgan fingerprint density at radius 3 is 1.83 bits per heavy atom. The predicted octanol–water partition coefficient (Wildman–Crippen LogP) is 4.66. The lowest BCUT2D eigenvalue weighted by molar-refractivity contribution is -0.117. The summed E-state index contributed by atoms with van der Waals surface area (Å²) in [4.78, 5) is 28.9. The highest BCUT2D eigenvalue weighted by Gasteiger charge is 2.22. The maximum Gasteiger partial charge on any atom is 0.254 e. The first-order valence-electron chi connectivity index (χ1n) is 9.98. The van der Waals surface area contributed by atoms with E-state index in [0.717, 1.165) is 29.8 Å². The van der Waals surface area contributed by atoms with Crippen molar-refractivity contribution in [2.75, 3.05) is 11.4 Å². The van der Waals surface area contributed by atoms with E-state index in [4.69, 9.17) is 0 Å². The Hall–Kier alpha value is -3.40. The first-order valence-corrected chi connectivity index (χ1v) is 9.98. The Labute approximate surface area is 171 Å². The van der Waals surface area contributed by atoms with Crippen LogP contribution < -0.4 is 4.90 Å². The van der Waals surface area contributed by atoms with Crippen molar-refractivity contribution in [1.29, 1.82) is 0 Å². The van der Waals surface area contributed by atoms with Crippen molar-refractivity contribution in [3.05, 3.63) is 102 Å². The molecule has 0 atom stereocenters. The molecular formula is C25H24N2O2. The highest BCUT2D eigenvalue weighted by atomic mass is 16.2. The largest absolute Gasteiger partial charge is 0.330 e. The maximum atomic E-state index is 13.3. The normalized spacial score (nSPS) is 13.5. The molecule has 0 unspecified atom stereocenters. The molecule has 29 heavy (non-hydrogen) atoms. The van der Waals surface area contributed by atoms with Crippen LogP contribution in [0.2, 0.25) is 0 Å². The lowest BCUT2D eigenvalue weighted by Crippen LogP contribution is -2.30. The molecule has 0 bridgehead atoms. The predicted molar refractivity (Wildman–Crippen MR) is 114 cm³/mol. The number of hydrogen-bond acceptors (Lipinski definition) is 2. The molecule has 0 aliphatic carbocycles. The van der Waals surface area contributed by atoms with Gasteiger partial charge in [-0.3, -0.25) is 9.59 Å². The van der Waals surface area contributed by atoms with Crippen LogP contribution >= 0.6 is 0 Å². The third-order valence-corrected chi connectivity index (χ3v) is 5.22. The second-order valence-electron chi connectivity index (χ2n) is 7.33.